The summed E-state index contributed by atoms with van der Waals surface area (Å²) in [5.74, 6) is 4.02. The standard InChI is InChI=1S/C13H15NO/c1-3-8-14-10(2)12-9-15-13-7-5-4-6-11(12)13/h1,4-7,10,12,14H,8-9H2,2H3/t10-,12-/m1/s1. The molecule has 1 aliphatic heterocycles. The summed E-state index contributed by atoms with van der Waals surface area (Å²) in [6.45, 7) is 3.51. The van der Waals surface area contributed by atoms with Crippen molar-refractivity contribution in [3.05, 3.63) is 29.8 Å². The molecule has 0 bridgehead atoms. The Morgan fingerprint density at radius 1 is 1.60 bits per heavy atom. The van der Waals surface area contributed by atoms with Crippen LogP contribution in [0, 0.1) is 12.3 Å². The minimum absolute atomic E-state index is 0.352. The molecule has 1 aliphatic rings. The van der Waals surface area contributed by atoms with Crippen molar-refractivity contribution in [2.45, 2.75) is 18.9 Å². The Kier molecular flexibility index (Phi) is 2.94. The maximum atomic E-state index is 5.62. The van der Waals surface area contributed by atoms with E-state index >= 15 is 0 Å². The number of hydrogen-bond acceptors (Lipinski definition) is 2. The lowest BCUT2D eigenvalue weighted by Gasteiger charge is -2.18. The lowest BCUT2D eigenvalue weighted by atomic mass is 9.94. The summed E-state index contributed by atoms with van der Waals surface area (Å²) in [4.78, 5) is 0. The molecule has 1 aromatic carbocycles. The molecule has 0 amide bonds. The minimum atomic E-state index is 0.352. The van der Waals surface area contributed by atoms with Gasteiger partial charge in [-0.05, 0) is 13.0 Å². The van der Waals surface area contributed by atoms with E-state index in [9.17, 15) is 0 Å². The smallest absolute Gasteiger partial charge is 0.122 e. The van der Waals surface area contributed by atoms with Gasteiger partial charge in [-0.15, -0.1) is 6.42 Å². The third kappa shape index (κ3) is 1.98. The highest BCUT2D eigenvalue weighted by molar-refractivity contribution is 5.40. The largest absolute Gasteiger partial charge is 0.493 e. The number of nitrogens with one attached hydrogen (secondary N) is 1. The molecule has 1 heterocycles. The van der Waals surface area contributed by atoms with Crippen LogP contribution in [0.4, 0.5) is 0 Å². The van der Waals surface area contributed by atoms with Crippen molar-refractivity contribution >= 4 is 0 Å². The summed E-state index contributed by atoms with van der Waals surface area (Å²) in [5.41, 5.74) is 1.29. The van der Waals surface area contributed by atoms with E-state index in [4.69, 9.17) is 11.2 Å². The van der Waals surface area contributed by atoms with Crippen LogP contribution in [0.2, 0.25) is 0 Å². The van der Waals surface area contributed by atoms with Gasteiger partial charge >= 0.3 is 0 Å². The van der Waals surface area contributed by atoms with Gasteiger partial charge in [-0.2, -0.15) is 0 Å². The molecule has 1 aromatic rings. The Morgan fingerprint density at radius 2 is 2.40 bits per heavy atom. The molecule has 0 aliphatic carbocycles. The third-order valence-electron chi connectivity index (χ3n) is 2.87. The monoisotopic (exact) mass is 201 g/mol. The van der Waals surface area contributed by atoms with Crippen molar-refractivity contribution in [3.63, 3.8) is 0 Å². The van der Waals surface area contributed by atoms with Crippen LogP contribution in [-0.2, 0) is 0 Å². The first-order valence-electron chi connectivity index (χ1n) is 5.21. The van der Waals surface area contributed by atoms with Crippen molar-refractivity contribution < 1.29 is 4.74 Å². The maximum Gasteiger partial charge on any atom is 0.122 e. The summed E-state index contributed by atoms with van der Waals surface area (Å²) < 4.78 is 5.62. The average molecular weight is 201 g/mol. The summed E-state index contributed by atoms with van der Waals surface area (Å²) in [5, 5.41) is 3.30. The second-order valence-corrected chi connectivity index (χ2v) is 3.83. The maximum absolute atomic E-state index is 5.62. The highest BCUT2D eigenvalue weighted by Gasteiger charge is 2.27. The molecule has 15 heavy (non-hydrogen) atoms. The predicted molar refractivity (Wildman–Crippen MR) is 61.0 cm³/mol. The molecule has 2 nitrogen and oxygen atoms in total. The molecule has 2 heteroatoms. The Hall–Kier alpha value is -1.46. The molecule has 0 aromatic heterocycles. The van der Waals surface area contributed by atoms with Gasteiger partial charge < -0.3 is 10.1 Å². The normalized spacial score (nSPS) is 20.1. The molecule has 0 fully saturated rings. The second-order valence-electron chi connectivity index (χ2n) is 3.83. The Labute approximate surface area is 90.6 Å². The van der Waals surface area contributed by atoms with Gasteiger partial charge in [0.1, 0.15) is 5.75 Å². The molecule has 0 unspecified atom stereocenters. The van der Waals surface area contributed by atoms with Crippen LogP contribution in [0.25, 0.3) is 0 Å². The fraction of sp³-hybridized carbons (Fsp3) is 0.385. The van der Waals surface area contributed by atoms with E-state index in [1.54, 1.807) is 0 Å². The third-order valence-corrected chi connectivity index (χ3v) is 2.87. The van der Waals surface area contributed by atoms with E-state index in [0.29, 0.717) is 18.5 Å². The highest BCUT2D eigenvalue weighted by atomic mass is 16.5. The Balaban J connectivity index is 2.10. The van der Waals surface area contributed by atoms with Gasteiger partial charge in [0.15, 0.2) is 0 Å². The zero-order chi connectivity index (χ0) is 10.7. The van der Waals surface area contributed by atoms with Crippen molar-refractivity contribution in [2.24, 2.45) is 0 Å². The quantitative estimate of drug-likeness (QED) is 0.753. The van der Waals surface area contributed by atoms with Crippen LogP contribution in [0.3, 0.4) is 0 Å². The van der Waals surface area contributed by atoms with Crippen molar-refractivity contribution in [1.29, 1.82) is 0 Å². The molecule has 0 spiro atoms. The molecule has 0 radical (unpaired) electrons. The topological polar surface area (TPSA) is 21.3 Å². The number of benzene rings is 1. The van der Waals surface area contributed by atoms with E-state index < -0.39 is 0 Å². The zero-order valence-corrected chi connectivity index (χ0v) is 8.86. The second kappa shape index (κ2) is 4.37. The zero-order valence-electron chi connectivity index (χ0n) is 8.86. The van der Waals surface area contributed by atoms with Crippen molar-refractivity contribution in [1.82, 2.24) is 5.32 Å². The molecule has 2 atom stereocenters. The highest BCUT2D eigenvalue weighted by Crippen LogP contribution is 2.35. The van der Waals surface area contributed by atoms with E-state index in [1.807, 2.05) is 12.1 Å². The van der Waals surface area contributed by atoms with Crippen LogP contribution in [0.5, 0.6) is 5.75 Å². The van der Waals surface area contributed by atoms with Crippen LogP contribution >= 0.6 is 0 Å². The van der Waals surface area contributed by atoms with Crippen molar-refractivity contribution in [3.8, 4) is 18.1 Å². The van der Waals surface area contributed by atoms with E-state index in [-0.39, 0.29) is 0 Å². The molecule has 78 valence electrons. The summed E-state index contributed by atoms with van der Waals surface area (Å²) in [6, 6.07) is 8.55. The Morgan fingerprint density at radius 3 is 3.20 bits per heavy atom. The fourth-order valence-corrected chi connectivity index (χ4v) is 1.96. The molecule has 1 N–H and O–H groups in total. The average Bonchev–Trinajstić information content (AvgIpc) is 2.69. The van der Waals surface area contributed by atoms with E-state index in [2.05, 4.69) is 30.3 Å². The fourth-order valence-electron chi connectivity index (χ4n) is 1.96. The SMILES string of the molecule is C#CCN[C@H](C)[C@H]1COc2ccccc21. The molecular weight excluding hydrogens is 186 g/mol. The van der Waals surface area contributed by atoms with Gasteiger partial charge in [0, 0.05) is 17.5 Å². The predicted octanol–water partition coefficient (Wildman–Crippen LogP) is 1.77. The minimum Gasteiger partial charge on any atom is -0.493 e. The molecule has 0 saturated heterocycles. The van der Waals surface area contributed by atoms with Gasteiger partial charge in [-0.25, -0.2) is 0 Å². The number of ether oxygens (including phenoxy) is 1. The number of hydrogen-bond donors (Lipinski definition) is 1. The number of para-hydroxylation sites is 1. The van der Waals surface area contributed by atoms with E-state index in [0.717, 1.165) is 12.4 Å². The van der Waals surface area contributed by atoms with Gasteiger partial charge in [-0.1, -0.05) is 24.1 Å². The van der Waals surface area contributed by atoms with Crippen LogP contribution in [0.15, 0.2) is 24.3 Å². The van der Waals surface area contributed by atoms with Gasteiger partial charge in [0.2, 0.25) is 0 Å². The van der Waals surface area contributed by atoms with Crippen LogP contribution in [-0.4, -0.2) is 19.2 Å². The summed E-state index contributed by atoms with van der Waals surface area (Å²) in [7, 11) is 0. The van der Waals surface area contributed by atoms with Crippen molar-refractivity contribution in [2.75, 3.05) is 13.2 Å². The number of fused-ring (bicyclic) bond motifs is 1. The number of terminal acetylenes is 1. The van der Waals surface area contributed by atoms with Gasteiger partial charge in [-0.3, -0.25) is 0 Å². The van der Waals surface area contributed by atoms with Gasteiger partial charge in [0.25, 0.3) is 0 Å². The first-order valence-corrected chi connectivity index (χ1v) is 5.21. The van der Waals surface area contributed by atoms with Crippen LogP contribution < -0.4 is 10.1 Å². The van der Waals surface area contributed by atoms with Crippen LogP contribution in [0.1, 0.15) is 18.4 Å². The van der Waals surface area contributed by atoms with E-state index in [1.165, 1.54) is 5.56 Å². The van der Waals surface area contributed by atoms with Gasteiger partial charge in [0.05, 0.1) is 13.2 Å². The molecule has 2 rings (SSSR count). The lowest BCUT2D eigenvalue weighted by molar-refractivity contribution is 0.307. The first kappa shape index (κ1) is 10.1. The molecule has 0 saturated carbocycles. The first-order chi connectivity index (χ1) is 7.33. The number of rotatable bonds is 3. The lowest BCUT2D eigenvalue weighted by Crippen LogP contribution is -2.33. The Bertz CT molecular complexity index is 380. The summed E-state index contributed by atoms with van der Waals surface area (Å²) >= 11 is 0. The summed E-state index contributed by atoms with van der Waals surface area (Å²) in [6.07, 6.45) is 5.23. The molecular formula is C13H15NO.